The molecule has 0 aliphatic carbocycles. The van der Waals surface area contributed by atoms with E-state index in [0.717, 1.165) is 6.54 Å². The largest absolute Gasteiger partial charge is 0.488 e. The van der Waals surface area contributed by atoms with Crippen molar-refractivity contribution in [1.29, 1.82) is 0 Å². The van der Waals surface area contributed by atoms with Crippen molar-refractivity contribution in [2.24, 2.45) is 5.92 Å². The number of anilines is 1. The first-order chi connectivity index (χ1) is 17.2. The standard InChI is InChI=1S/C28H40N4O4/c1-19(2)29-28(35)30-24-11-12-25-23(13-24)14-27(34)32(21(4)18-33)15-20(3)26(36-25)17-31(5)16-22-9-7-6-8-10-22/h6-13,19-21,26,33H,14-18H2,1-5H3,(H2,29,30,35)/t20-,21-,26-/m1/s1. The highest BCUT2D eigenvalue weighted by Gasteiger charge is 2.31. The monoisotopic (exact) mass is 496 g/mol. The third-order valence-electron chi connectivity index (χ3n) is 6.38. The minimum absolute atomic E-state index is 0.00594. The van der Waals surface area contributed by atoms with Gasteiger partial charge in [-0.1, -0.05) is 37.3 Å². The van der Waals surface area contributed by atoms with E-state index in [9.17, 15) is 14.7 Å². The summed E-state index contributed by atoms with van der Waals surface area (Å²) in [5, 5.41) is 15.5. The molecule has 0 saturated carbocycles. The topological polar surface area (TPSA) is 94.1 Å². The van der Waals surface area contributed by atoms with Gasteiger partial charge in [-0.05, 0) is 51.6 Å². The second-order valence-electron chi connectivity index (χ2n) is 10.1. The molecule has 3 amide bonds. The van der Waals surface area contributed by atoms with Crippen LogP contribution in [0.5, 0.6) is 5.75 Å². The fraction of sp³-hybridized carbons (Fsp3) is 0.500. The van der Waals surface area contributed by atoms with Gasteiger partial charge in [0.2, 0.25) is 5.91 Å². The zero-order chi connectivity index (χ0) is 26.2. The molecule has 36 heavy (non-hydrogen) atoms. The molecule has 0 radical (unpaired) electrons. The first kappa shape index (κ1) is 27.5. The average Bonchev–Trinajstić information content (AvgIpc) is 2.86. The summed E-state index contributed by atoms with van der Waals surface area (Å²) in [7, 11) is 2.07. The maximum atomic E-state index is 13.3. The number of aliphatic hydroxyl groups is 1. The van der Waals surface area contributed by atoms with Gasteiger partial charge >= 0.3 is 6.03 Å². The molecule has 1 heterocycles. The minimum atomic E-state index is -0.303. The zero-order valence-corrected chi connectivity index (χ0v) is 22.0. The van der Waals surface area contributed by atoms with Crippen molar-refractivity contribution in [3.8, 4) is 5.75 Å². The van der Waals surface area contributed by atoms with E-state index in [-0.39, 0.29) is 49.1 Å². The third-order valence-corrected chi connectivity index (χ3v) is 6.38. The van der Waals surface area contributed by atoms with E-state index in [2.05, 4.69) is 41.6 Å². The number of urea groups is 1. The van der Waals surface area contributed by atoms with E-state index in [1.54, 1.807) is 17.0 Å². The number of benzene rings is 2. The fourth-order valence-corrected chi connectivity index (χ4v) is 4.42. The molecular weight excluding hydrogens is 456 g/mol. The van der Waals surface area contributed by atoms with Crippen LogP contribution in [-0.2, 0) is 17.8 Å². The summed E-state index contributed by atoms with van der Waals surface area (Å²) in [6.07, 6.45) is -0.0555. The predicted molar refractivity (Wildman–Crippen MR) is 142 cm³/mol. The van der Waals surface area contributed by atoms with E-state index < -0.39 is 0 Å². The number of ether oxygens (including phenoxy) is 1. The molecule has 0 saturated heterocycles. The summed E-state index contributed by atoms with van der Waals surface area (Å²) >= 11 is 0. The number of nitrogens with zero attached hydrogens (tertiary/aromatic N) is 2. The van der Waals surface area contributed by atoms with Gasteiger partial charge in [-0.15, -0.1) is 0 Å². The molecule has 3 atom stereocenters. The van der Waals surface area contributed by atoms with Crippen molar-refractivity contribution >= 4 is 17.6 Å². The molecule has 0 bridgehead atoms. The number of nitrogens with one attached hydrogen (secondary N) is 2. The summed E-state index contributed by atoms with van der Waals surface area (Å²) in [4.78, 5) is 29.5. The fourth-order valence-electron chi connectivity index (χ4n) is 4.42. The van der Waals surface area contributed by atoms with Gasteiger partial charge in [0.1, 0.15) is 11.9 Å². The molecule has 0 aromatic heterocycles. The van der Waals surface area contributed by atoms with Gasteiger partial charge in [0.15, 0.2) is 0 Å². The highest BCUT2D eigenvalue weighted by molar-refractivity contribution is 5.90. The number of carbonyl (C=O) groups excluding carboxylic acids is 2. The van der Waals surface area contributed by atoms with Gasteiger partial charge in [0, 0.05) is 42.8 Å². The Morgan fingerprint density at radius 2 is 1.92 bits per heavy atom. The van der Waals surface area contributed by atoms with Crippen LogP contribution < -0.4 is 15.4 Å². The molecule has 0 fully saturated rings. The summed E-state index contributed by atoms with van der Waals surface area (Å²) in [6.45, 7) is 9.55. The first-order valence-corrected chi connectivity index (χ1v) is 12.7. The van der Waals surface area contributed by atoms with Crippen LogP contribution >= 0.6 is 0 Å². The highest BCUT2D eigenvalue weighted by Crippen LogP contribution is 2.29. The van der Waals surface area contributed by atoms with E-state index in [4.69, 9.17) is 4.74 Å². The van der Waals surface area contributed by atoms with Crippen LogP contribution in [-0.4, -0.2) is 71.8 Å². The Kier molecular flexibility index (Phi) is 9.73. The van der Waals surface area contributed by atoms with Gasteiger partial charge in [-0.2, -0.15) is 0 Å². The summed E-state index contributed by atoms with van der Waals surface area (Å²) < 4.78 is 6.56. The lowest BCUT2D eigenvalue weighted by Gasteiger charge is -2.34. The van der Waals surface area contributed by atoms with Crippen molar-refractivity contribution in [1.82, 2.24) is 15.1 Å². The Balaban J connectivity index is 1.87. The van der Waals surface area contributed by atoms with E-state index in [0.29, 0.717) is 30.1 Å². The van der Waals surface area contributed by atoms with E-state index >= 15 is 0 Å². The molecule has 2 aromatic carbocycles. The normalized spacial score (nSPS) is 19.1. The average molecular weight is 497 g/mol. The maximum Gasteiger partial charge on any atom is 0.319 e. The van der Waals surface area contributed by atoms with Crippen molar-refractivity contribution in [3.63, 3.8) is 0 Å². The Hall–Kier alpha value is -3.10. The third kappa shape index (κ3) is 7.70. The van der Waals surface area contributed by atoms with Crippen molar-refractivity contribution in [2.75, 3.05) is 32.1 Å². The SMILES string of the molecule is CC(C)NC(=O)Nc1ccc2c(c1)CC(=O)N([C@H](C)CO)C[C@@H](C)[C@@H](CN(C)Cc1ccccc1)O2. The van der Waals surface area contributed by atoms with Crippen LogP contribution in [0.15, 0.2) is 48.5 Å². The second-order valence-corrected chi connectivity index (χ2v) is 10.1. The second kappa shape index (κ2) is 12.7. The number of hydrogen-bond donors (Lipinski definition) is 3. The lowest BCUT2D eigenvalue weighted by Crippen LogP contribution is -2.47. The Morgan fingerprint density at radius 1 is 1.19 bits per heavy atom. The lowest BCUT2D eigenvalue weighted by atomic mass is 10.0. The van der Waals surface area contributed by atoms with Crippen LogP contribution in [0, 0.1) is 5.92 Å². The zero-order valence-electron chi connectivity index (χ0n) is 22.0. The summed E-state index contributed by atoms with van der Waals surface area (Å²) in [5.74, 6) is 0.596. The molecule has 1 aliphatic heterocycles. The quantitative estimate of drug-likeness (QED) is 0.520. The Bertz CT molecular complexity index is 1010. The Labute approximate surface area is 214 Å². The number of hydrogen-bond acceptors (Lipinski definition) is 5. The van der Waals surface area contributed by atoms with Gasteiger partial charge in [-0.3, -0.25) is 9.69 Å². The minimum Gasteiger partial charge on any atom is -0.488 e. The molecular formula is C28H40N4O4. The van der Waals surface area contributed by atoms with Gasteiger partial charge < -0.3 is 25.4 Å². The van der Waals surface area contributed by atoms with Crippen molar-refractivity contribution in [3.05, 3.63) is 59.7 Å². The molecule has 8 nitrogen and oxygen atoms in total. The first-order valence-electron chi connectivity index (χ1n) is 12.7. The van der Waals surface area contributed by atoms with Gasteiger partial charge in [0.05, 0.1) is 19.1 Å². The lowest BCUT2D eigenvalue weighted by molar-refractivity contribution is -0.134. The van der Waals surface area contributed by atoms with Crippen LogP contribution in [0.1, 0.15) is 38.8 Å². The molecule has 196 valence electrons. The maximum absolute atomic E-state index is 13.3. The molecule has 2 aromatic rings. The summed E-state index contributed by atoms with van der Waals surface area (Å²) in [6, 6.07) is 15.1. The van der Waals surface area contributed by atoms with E-state index in [1.807, 2.05) is 45.0 Å². The number of likely N-dealkylation sites (N-methyl/N-ethyl adjacent to an activating group) is 1. The number of fused-ring (bicyclic) bond motifs is 1. The van der Waals surface area contributed by atoms with Crippen LogP contribution in [0.3, 0.4) is 0 Å². The van der Waals surface area contributed by atoms with E-state index in [1.165, 1.54) is 5.56 Å². The summed E-state index contributed by atoms with van der Waals surface area (Å²) in [5.41, 5.74) is 2.52. The molecule has 0 spiro atoms. The number of aliphatic hydroxyl groups excluding tert-OH is 1. The molecule has 3 rings (SSSR count). The van der Waals surface area contributed by atoms with Crippen LogP contribution in [0.2, 0.25) is 0 Å². The van der Waals surface area contributed by atoms with Gasteiger partial charge in [-0.25, -0.2) is 4.79 Å². The van der Waals surface area contributed by atoms with Crippen molar-refractivity contribution < 1.29 is 19.4 Å². The predicted octanol–water partition coefficient (Wildman–Crippen LogP) is 3.50. The Morgan fingerprint density at radius 3 is 2.58 bits per heavy atom. The van der Waals surface area contributed by atoms with Crippen molar-refractivity contribution in [2.45, 2.75) is 58.8 Å². The smallest absolute Gasteiger partial charge is 0.319 e. The number of rotatable bonds is 8. The molecule has 1 aliphatic rings. The van der Waals surface area contributed by atoms with Gasteiger partial charge in [0.25, 0.3) is 0 Å². The molecule has 0 unspecified atom stereocenters. The van der Waals surface area contributed by atoms with Crippen LogP contribution in [0.4, 0.5) is 10.5 Å². The molecule has 8 heteroatoms. The number of carbonyl (C=O) groups is 2. The molecule has 3 N–H and O–H groups in total. The number of amides is 3. The van der Waals surface area contributed by atoms with Crippen LogP contribution in [0.25, 0.3) is 0 Å². The highest BCUT2D eigenvalue weighted by atomic mass is 16.5.